The standard InChI is InChI=1S/C23H24N2O2S.C5H10O2/c1-28(26,27)21-13-20(14-25-15-21)18-8-5-9-19(12-18)23-16-24-11-10-22(23)17-6-3-2-4-7-17;1-5(2,3)7-4-6/h2-9,12-15,22-24H,10-11,16H2,1H3;4H,1-3H3/t22-,23-;/m0./s1. The molecule has 1 aliphatic rings. The van der Waals surface area contributed by atoms with Gasteiger partial charge in [-0.2, -0.15) is 0 Å². The predicted octanol–water partition coefficient (Wildman–Crippen LogP) is 4.97. The van der Waals surface area contributed by atoms with Crippen molar-refractivity contribution in [1.82, 2.24) is 10.3 Å². The molecule has 1 N–H and O–H groups in total. The van der Waals surface area contributed by atoms with E-state index >= 15 is 0 Å². The molecule has 0 radical (unpaired) electrons. The quantitative estimate of drug-likeness (QED) is 0.504. The van der Waals surface area contributed by atoms with Gasteiger partial charge < -0.3 is 10.1 Å². The third kappa shape index (κ3) is 7.73. The van der Waals surface area contributed by atoms with Crippen LogP contribution in [0.5, 0.6) is 0 Å². The lowest BCUT2D eigenvalue weighted by Crippen LogP contribution is -2.34. The number of aromatic nitrogens is 1. The van der Waals surface area contributed by atoms with Crippen molar-refractivity contribution < 1.29 is 17.9 Å². The maximum atomic E-state index is 11.9. The molecule has 6 nitrogen and oxygen atoms in total. The molecule has 1 saturated heterocycles. The summed E-state index contributed by atoms with van der Waals surface area (Å²) in [5.74, 6) is 0.848. The van der Waals surface area contributed by atoms with Crippen LogP contribution in [0.2, 0.25) is 0 Å². The van der Waals surface area contributed by atoms with Gasteiger partial charge >= 0.3 is 0 Å². The second-order valence-electron chi connectivity index (χ2n) is 9.75. The summed E-state index contributed by atoms with van der Waals surface area (Å²) in [6.07, 6.45) is 5.44. The number of rotatable bonds is 5. The maximum absolute atomic E-state index is 11.9. The average Bonchev–Trinajstić information content (AvgIpc) is 2.84. The largest absolute Gasteiger partial charge is 0.462 e. The van der Waals surface area contributed by atoms with Crippen LogP contribution in [-0.4, -0.2) is 44.8 Å². The Bertz CT molecular complexity index is 1220. The normalized spacial score (nSPS) is 18.2. The minimum atomic E-state index is -3.28. The first-order valence-corrected chi connectivity index (χ1v) is 13.6. The number of nitrogens with one attached hydrogen (secondary N) is 1. The van der Waals surface area contributed by atoms with E-state index in [1.165, 1.54) is 23.6 Å². The van der Waals surface area contributed by atoms with E-state index in [9.17, 15) is 13.2 Å². The SMILES string of the molecule is CC(C)(C)OC=O.CS(=O)(=O)c1cncc(-c2cccc([C@@H]3CNCC[C@H]3c3ccccc3)c2)c1. The molecular formula is C28H34N2O4S. The zero-order valence-corrected chi connectivity index (χ0v) is 21.6. The Balaban J connectivity index is 0.000000429. The summed E-state index contributed by atoms with van der Waals surface area (Å²) in [5.41, 5.74) is 4.14. The molecule has 0 amide bonds. The number of ether oxygens (including phenoxy) is 1. The van der Waals surface area contributed by atoms with Gasteiger partial charge in [-0.05, 0) is 62.4 Å². The molecule has 1 fully saturated rings. The van der Waals surface area contributed by atoms with Crippen molar-refractivity contribution in [3.8, 4) is 11.1 Å². The number of pyridine rings is 1. The summed E-state index contributed by atoms with van der Waals surface area (Å²) >= 11 is 0. The lowest BCUT2D eigenvalue weighted by molar-refractivity contribution is -0.138. The highest BCUT2D eigenvalue weighted by Gasteiger charge is 2.27. The summed E-state index contributed by atoms with van der Waals surface area (Å²) in [6, 6.07) is 20.8. The summed E-state index contributed by atoms with van der Waals surface area (Å²) in [4.78, 5) is 14.0. The topological polar surface area (TPSA) is 85.4 Å². The summed E-state index contributed by atoms with van der Waals surface area (Å²) in [5, 5.41) is 3.53. The molecule has 1 aliphatic heterocycles. The van der Waals surface area contributed by atoms with E-state index in [4.69, 9.17) is 0 Å². The fourth-order valence-electron chi connectivity index (χ4n) is 4.18. The Hall–Kier alpha value is -3.03. The molecule has 2 atom stereocenters. The van der Waals surface area contributed by atoms with E-state index in [0.29, 0.717) is 18.3 Å². The van der Waals surface area contributed by atoms with Crippen LogP contribution in [0.1, 0.15) is 50.2 Å². The minimum Gasteiger partial charge on any atom is -0.462 e. The van der Waals surface area contributed by atoms with Crippen molar-refractivity contribution in [2.75, 3.05) is 19.3 Å². The number of sulfone groups is 1. The van der Waals surface area contributed by atoms with Gasteiger partial charge in [0.25, 0.3) is 6.47 Å². The van der Waals surface area contributed by atoms with Gasteiger partial charge in [0.2, 0.25) is 0 Å². The first-order valence-electron chi connectivity index (χ1n) is 11.7. The van der Waals surface area contributed by atoms with Crippen LogP contribution in [0.15, 0.2) is 78.0 Å². The number of carbonyl (C=O) groups excluding carboxylic acids is 1. The molecule has 3 aromatic rings. The number of hydrogen-bond acceptors (Lipinski definition) is 6. The molecule has 186 valence electrons. The van der Waals surface area contributed by atoms with Gasteiger partial charge in [0.05, 0.1) is 4.90 Å². The molecule has 0 spiro atoms. The third-order valence-corrected chi connectivity index (χ3v) is 6.98. The first kappa shape index (κ1) is 26.6. The van der Waals surface area contributed by atoms with Crippen LogP contribution >= 0.6 is 0 Å². The summed E-state index contributed by atoms with van der Waals surface area (Å²) in [7, 11) is -3.28. The Morgan fingerprint density at radius 3 is 2.29 bits per heavy atom. The van der Waals surface area contributed by atoms with Gasteiger partial charge in [0, 0.05) is 36.7 Å². The van der Waals surface area contributed by atoms with Crippen LogP contribution < -0.4 is 5.32 Å². The number of hydrogen-bond donors (Lipinski definition) is 1. The van der Waals surface area contributed by atoms with Crippen molar-refractivity contribution in [3.63, 3.8) is 0 Å². The highest BCUT2D eigenvalue weighted by Crippen LogP contribution is 2.38. The van der Waals surface area contributed by atoms with Gasteiger partial charge in [0.1, 0.15) is 5.60 Å². The van der Waals surface area contributed by atoms with Gasteiger partial charge in [-0.25, -0.2) is 8.42 Å². The molecule has 1 aromatic heterocycles. The zero-order valence-electron chi connectivity index (χ0n) is 20.8. The highest BCUT2D eigenvalue weighted by atomic mass is 32.2. The number of carbonyl (C=O) groups is 1. The van der Waals surface area contributed by atoms with E-state index in [1.54, 1.807) is 12.3 Å². The van der Waals surface area contributed by atoms with Crippen LogP contribution in [-0.2, 0) is 19.4 Å². The zero-order chi connectivity index (χ0) is 25.5. The smallest absolute Gasteiger partial charge is 0.293 e. The van der Waals surface area contributed by atoms with Crippen molar-refractivity contribution in [2.45, 2.75) is 49.5 Å². The second-order valence-corrected chi connectivity index (χ2v) is 11.8. The third-order valence-electron chi connectivity index (χ3n) is 5.90. The first-order chi connectivity index (χ1) is 16.6. The van der Waals surface area contributed by atoms with Crippen LogP contribution in [0, 0.1) is 0 Å². The lowest BCUT2D eigenvalue weighted by Gasteiger charge is -2.33. The molecule has 2 aromatic carbocycles. The molecular weight excluding hydrogens is 460 g/mol. The minimum absolute atomic E-state index is 0.247. The molecule has 0 saturated carbocycles. The molecule has 0 bridgehead atoms. The fourth-order valence-corrected chi connectivity index (χ4v) is 4.77. The van der Waals surface area contributed by atoms with E-state index in [1.807, 2.05) is 26.8 Å². The fraction of sp³-hybridized carbons (Fsp3) is 0.357. The van der Waals surface area contributed by atoms with Crippen LogP contribution in [0.25, 0.3) is 11.1 Å². The molecule has 35 heavy (non-hydrogen) atoms. The van der Waals surface area contributed by atoms with E-state index in [0.717, 1.165) is 30.6 Å². The van der Waals surface area contributed by atoms with Crippen molar-refractivity contribution in [1.29, 1.82) is 0 Å². The van der Waals surface area contributed by atoms with E-state index < -0.39 is 9.84 Å². The Morgan fingerprint density at radius 1 is 0.943 bits per heavy atom. The van der Waals surface area contributed by atoms with Gasteiger partial charge in [-0.3, -0.25) is 9.78 Å². The van der Waals surface area contributed by atoms with Gasteiger partial charge in [0.15, 0.2) is 9.84 Å². The molecule has 2 heterocycles. The number of piperidine rings is 1. The van der Waals surface area contributed by atoms with E-state index in [2.05, 4.69) is 63.6 Å². The van der Waals surface area contributed by atoms with Crippen molar-refractivity contribution in [2.24, 2.45) is 0 Å². The van der Waals surface area contributed by atoms with Crippen LogP contribution in [0.3, 0.4) is 0 Å². The Kier molecular flexibility index (Phi) is 8.81. The highest BCUT2D eigenvalue weighted by molar-refractivity contribution is 7.90. The van der Waals surface area contributed by atoms with Crippen molar-refractivity contribution in [3.05, 3.63) is 84.2 Å². The molecule has 4 rings (SSSR count). The van der Waals surface area contributed by atoms with Crippen LogP contribution in [0.4, 0.5) is 0 Å². The Labute approximate surface area is 208 Å². The molecule has 7 heteroatoms. The summed E-state index contributed by atoms with van der Waals surface area (Å²) in [6.45, 7) is 7.88. The summed E-state index contributed by atoms with van der Waals surface area (Å²) < 4.78 is 28.3. The lowest BCUT2D eigenvalue weighted by atomic mass is 9.77. The average molecular weight is 495 g/mol. The van der Waals surface area contributed by atoms with E-state index in [-0.39, 0.29) is 10.5 Å². The van der Waals surface area contributed by atoms with Gasteiger partial charge in [-0.1, -0.05) is 54.6 Å². The number of benzene rings is 2. The maximum Gasteiger partial charge on any atom is 0.293 e. The van der Waals surface area contributed by atoms with Gasteiger partial charge in [-0.15, -0.1) is 0 Å². The predicted molar refractivity (Wildman–Crippen MR) is 139 cm³/mol. The van der Waals surface area contributed by atoms with Crippen molar-refractivity contribution >= 4 is 16.3 Å². The Morgan fingerprint density at radius 2 is 1.66 bits per heavy atom. The second kappa shape index (κ2) is 11.6. The monoisotopic (exact) mass is 494 g/mol. The molecule has 0 aliphatic carbocycles. The molecule has 0 unspecified atom stereocenters. The number of nitrogens with zero attached hydrogens (tertiary/aromatic N) is 1.